The van der Waals surface area contributed by atoms with Gasteiger partial charge in [-0.3, -0.25) is 4.68 Å². The number of aryl methyl sites for hydroxylation is 4. The van der Waals surface area contributed by atoms with Crippen LogP contribution in [-0.2, 0) is 27.1 Å². The minimum Gasteiger partial charge on any atom is -0.480 e. The van der Waals surface area contributed by atoms with Crippen molar-refractivity contribution < 1.29 is 24.2 Å². The number of nitrogens with zero attached hydrogens (tertiary/aromatic N) is 3. The van der Waals surface area contributed by atoms with Gasteiger partial charge in [-0.25, -0.2) is 14.6 Å². The number of aliphatic carboxylic acids is 1. The molecule has 2 aromatic rings. The third kappa shape index (κ3) is 6.90. The van der Waals surface area contributed by atoms with Gasteiger partial charge in [0.1, 0.15) is 18.0 Å². The summed E-state index contributed by atoms with van der Waals surface area (Å²) in [5.41, 5.74) is 4.40. The van der Waals surface area contributed by atoms with Gasteiger partial charge in [0.15, 0.2) is 0 Å². The molecule has 10 heteroatoms. The maximum Gasteiger partial charge on any atom is 0.408 e. The Bertz CT molecular complexity index is 1160. The van der Waals surface area contributed by atoms with Crippen LogP contribution in [0, 0.1) is 19.8 Å². The summed E-state index contributed by atoms with van der Waals surface area (Å²) < 4.78 is 13.5. The van der Waals surface area contributed by atoms with Crippen molar-refractivity contribution in [1.29, 1.82) is 0 Å². The van der Waals surface area contributed by atoms with E-state index in [4.69, 9.17) is 14.5 Å². The van der Waals surface area contributed by atoms with Gasteiger partial charge < -0.3 is 25.2 Å². The lowest BCUT2D eigenvalue weighted by molar-refractivity contribution is -0.140. The largest absolute Gasteiger partial charge is 0.480 e. The number of nitrogens with one attached hydrogen (secondary N) is 2. The summed E-state index contributed by atoms with van der Waals surface area (Å²) in [6.07, 6.45) is 8.12. The lowest BCUT2D eigenvalue weighted by Crippen LogP contribution is -2.44. The van der Waals surface area contributed by atoms with Crippen molar-refractivity contribution in [3.63, 3.8) is 0 Å². The number of alkyl carbamates (subject to hydrolysis) is 1. The van der Waals surface area contributed by atoms with Gasteiger partial charge in [-0.1, -0.05) is 6.07 Å². The third-order valence-electron chi connectivity index (χ3n) is 8.34. The molecule has 212 valence electrons. The molecular weight excluding hydrogens is 498 g/mol. The topological polar surface area (TPSA) is 128 Å². The molecule has 3 atom stereocenters. The average Bonchev–Trinajstić information content (AvgIpc) is 3.48. The molecule has 0 aromatic carbocycles. The second-order valence-electron chi connectivity index (χ2n) is 11.3. The molecule has 0 spiro atoms. The second-order valence-corrected chi connectivity index (χ2v) is 11.3. The third-order valence-corrected chi connectivity index (χ3v) is 8.34. The SMILES string of the molecule is Cc1cc(C)n(C2CCCC2OC(=O)N[C@@H](CCOC2CC(CCc3ccc4c(n3)NCCC4)C2)C(=O)O)n1. The quantitative estimate of drug-likeness (QED) is 0.385. The van der Waals surface area contributed by atoms with Crippen LogP contribution in [0.5, 0.6) is 0 Å². The number of hydrogen-bond donors (Lipinski definition) is 3. The minimum absolute atomic E-state index is 0.0256. The highest BCUT2D eigenvalue weighted by molar-refractivity contribution is 5.79. The van der Waals surface area contributed by atoms with Gasteiger partial charge in [-0.05, 0) is 95.2 Å². The van der Waals surface area contributed by atoms with Gasteiger partial charge in [0.2, 0.25) is 0 Å². The first-order valence-electron chi connectivity index (χ1n) is 14.4. The fourth-order valence-electron chi connectivity index (χ4n) is 6.14. The lowest BCUT2D eigenvalue weighted by Gasteiger charge is -2.35. The molecule has 39 heavy (non-hydrogen) atoms. The van der Waals surface area contributed by atoms with Crippen LogP contribution in [0.4, 0.5) is 10.6 Å². The number of carboxylic acids is 1. The number of carbonyl (C=O) groups is 2. The Kier molecular flexibility index (Phi) is 8.69. The smallest absolute Gasteiger partial charge is 0.408 e. The number of carboxylic acid groups (broad SMARTS) is 1. The van der Waals surface area contributed by atoms with Crippen LogP contribution in [0.15, 0.2) is 18.2 Å². The number of fused-ring (bicyclic) bond motifs is 1. The number of amides is 1. The Balaban J connectivity index is 1.000. The summed E-state index contributed by atoms with van der Waals surface area (Å²) in [6.45, 7) is 5.21. The van der Waals surface area contributed by atoms with Crippen LogP contribution in [-0.4, -0.2) is 63.3 Å². The van der Waals surface area contributed by atoms with Crippen molar-refractivity contribution in [3.8, 4) is 0 Å². The second kappa shape index (κ2) is 12.4. The minimum atomic E-state index is -1.09. The molecule has 2 saturated carbocycles. The molecule has 2 aliphatic carbocycles. The van der Waals surface area contributed by atoms with Crippen molar-refractivity contribution in [1.82, 2.24) is 20.1 Å². The molecular formula is C29H41N5O5. The Morgan fingerprint density at radius 2 is 2.08 bits per heavy atom. The standard InChI is InChI=1S/C29H41N5O5/c1-18-15-19(2)34(33-18)25-6-3-7-26(25)39-29(37)32-24(28(35)36)12-14-38-23-16-20(17-23)8-10-22-11-9-21-5-4-13-30-27(21)31-22/h9,11,15,20,23-26H,3-8,10,12-14,16-17H2,1-2H3,(H,30,31)(H,32,37)(H,35,36)/t20?,23?,24-,25?,26?/m0/s1. The average molecular weight is 540 g/mol. The normalized spacial score (nSPS) is 24.8. The number of aromatic nitrogens is 3. The van der Waals surface area contributed by atoms with Crippen LogP contribution in [0.1, 0.15) is 80.1 Å². The van der Waals surface area contributed by atoms with Crippen LogP contribution in [0.25, 0.3) is 0 Å². The van der Waals surface area contributed by atoms with Crippen LogP contribution in [0.3, 0.4) is 0 Å². The van der Waals surface area contributed by atoms with E-state index in [-0.39, 0.29) is 31.3 Å². The zero-order chi connectivity index (χ0) is 27.4. The number of anilines is 1. The molecule has 2 fully saturated rings. The molecule has 2 unspecified atom stereocenters. The first kappa shape index (κ1) is 27.4. The van der Waals surface area contributed by atoms with Gasteiger partial charge >= 0.3 is 12.1 Å². The summed E-state index contributed by atoms with van der Waals surface area (Å²) in [6, 6.07) is 5.28. The summed E-state index contributed by atoms with van der Waals surface area (Å²) in [7, 11) is 0. The molecule has 3 aliphatic rings. The highest BCUT2D eigenvalue weighted by Gasteiger charge is 2.35. The Hall–Kier alpha value is -3.14. The monoisotopic (exact) mass is 539 g/mol. The fraction of sp³-hybridized carbons (Fsp3) is 0.655. The highest BCUT2D eigenvalue weighted by atomic mass is 16.6. The van der Waals surface area contributed by atoms with E-state index in [1.54, 1.807) is 0 Å². The predicted molar refractivity (Wildman–Crippen MR) is 146 cm³/mol. The van der Waals surface area contributed by atoms with Crippen molar-refractivity contribution in [3.05, 3.63) is 40.8 Å². The van der Waals surface area contributed by atoms with E-state index < -0.39 is 18.1 Å². The van der Waals surface area contributed by atoms with Gasteiger partial charge in [-0.2, -0.15) is 5.10 Å². The van der Waals surface area contributed by atoms with E-state index in [0.717, 1.165) is 87.2 Å². The Morgan fingerprint density at radius 1 is 1.23 bits per heavy atom. The van der Waals surface area contributed by atoms with Gasteiger partial charge in [0.25, 0.3) is 0 Å². The molecule has 0 radical (unpaired) electrons. The summed E-state index contributed by atoms with van der Waals surface area (Å²) in [4.78, 5) is 29.1. The van der Waals surface area contributed by atoms with E-state index in [1.807, 2.05) is 24.6 Å². The first-order chi connectivity index (χ1) is 18.9. The predicted octanol–water partition coefficient (Wildman–Crippen LogP) is 4.34. The molecule has 1 amide bonds. The molecule has 10 nitrogen and oxygen atoms in total. The molecule has 2 aromatic heterocycles. The van der Waals surface area contributed by atoms with E-state index in [2.05, 4.69) is 27.9 Å². The Labute approximate surface area is 229 Å². The van der Waals surface area contributed by atoms with E-state index in [0.29, 0.717) is 5.92 Å². The van der Waals surface area contributed by atoms with Crippen molar-refractivity contribution in [2.24, 2.45) is 5.92 Å². The summed E-state index contributed by atoms with van der Waals surface area (Å²) >= 11 is 0. The zero-order valence-corrected chi connectivity index (χ0v) is 23.0. The van der Waals surface area contributed by atoms with Gasteiger partial charge in [0.05, 0.1) is 17.8 Å². The van der Waals surface area contributed by atoms with Gasteiger partial charge in [-0.15, -0.1) is 0 Å². The zero-order valence-electron chi connectivity index (χ0n) is 23.0. The first-order valence-corrected chi connectivity index (χ1v) is 14.4. The number of carbonyl (C=O) groups excluding carboxylic acids is 1. The molecule has 3 heterocycles. The van der Waals surface area contributed by atoms with Crippen LogP contribution >= 0.6 is 0 Å². The maximum absolute atomic E-state index is 12.6. The van der Waals surface area contributed by atoms with Gasteiger partial charge in [0, 0.05) is 31.0 Å². The number of rotatable bonds is 11. The molecule has 1 aliphatic heterocycles. The van der Waals surface area contributed by atoms with E-state index >= 15 is 0 Å². The molecule has 0 bridgehead atoms. The Morgan fingerprint density at radius 3 is 2.85 bits per heavy atom. The van der Waals surface area contributed by atoms with Crippen LogP contribution in [0.2, 0.25) is 0 Å². The molecule has 5 rings (SSSR count). The highest BCUT2D eigenvalue weighted by Crippen LogP contribution is 2.35. The van der Waals surface area contributed by atoms with Crippen LogP contribution < -0.4 is 10.6 Å². The van der Waals surface area contributed by atoms with Crippen molar-refractivity contribution >= 4 is 17.9 Å². The number of ether oxygens (including phenoxy) is 2. The molecule has 0 saturated heterocycles. The maximum atomic E-state index is 12.6. The van der Waals surface area contributed by atoms with E-state index in [1.165, 1.54) is 5.56 Å². The fourth-order valence-corrected chi connectivity index (χ4v) is 6.14. The lowest BCUT2D eigenvalue weighted by atomic mass is 9.79. The summed E-state index contributed by atoms with van der Waals surface area (Å²) in [5.74, 6) is 0.562. The molecule has 3 N–H and O–H groups in total. The van der Waals surface area contributed by atoms with E-state index in [9.17, 15) is 14.7 Å². The summed E-state index contributed by atoms with van der Waals surface area (Å²) in [5, 5.41) is 20.1. The number of hydrogen-bond acceptors (Lipinski definition) is 7. The van der Waals surface area contributed by atoms with Crippen molar-refractivity contribution in [2.45, 2.75) is 102 Å². The van der Waals surface area contributed by atoms with Crippen molar-refractivity contribution in [2.75, 3.05) is 18.5 Å². The number of pyridine rings is 1.